The Kier molecular flexibility index (Phi) is 9.67. The number of benzene rings is 1. The minimum absolute atomic E-state index is 0.648. The second-order valence-corrected chi connectivity index (χ2v) is 5.03. The Hall–Kier alpha value is -2.58. The van der Waals surface area contributed by atoms with Crippen molar-refractivity contribution in [1.29, 1.82) is 5.26 Å². The van der Waals surface area contributed by atoms with Crippen LogP contribution in [-0.4, -0.2) is 25.2 Å². The number of aromatic nitrogens is 1. The average Bonchev–Trinajstić information content (AvgIpc) is 2.64. The molecule has 0 atom stereocenters. The Morgan fingerprint density at radius 3 is 2.04 bits per heavy atom. The van der Waals surface area contributed by atoms with E-state index < -0.39 is 0 Å². The van der Waals surface area contributed by atoms with Gasteiger partial charge in [-0.2, -0.15) is 5.26 Å². The predicted molar refractivity (Wildman–Crippen MR) is 95.1 cm³/mol. The zero-order valence-corrected chi connectivity index (χ0v) is 14.4. The molecule has 0 radical (unpaired) electrons. The summed E-state index contributed by atoms with van der Waals surface area (Å²) in [5.74, 6) is 1.63. The van der Waals surface area contributed by atoms with Gasteiger partial charge in [0.15, 0.2) is 0 Å². The Morgan fingerprint density at radius 1 is 0.917 bits per heavy atom. The van der Waals surface area contributed by atoms with Crippen molar-refractivity contribution >= 4 is 0 Å². The molecule has 0 saturated carbocycles. The molecule has 0 aliphatic rings. The molecule has 0 bridgehead atoms. The summed E-state index contributed by atoms with van der Waals surface area (Å²) in [5.41, 5.74) is 6.14. The first-order valence-corrected chi connectivity index (χ1v) is 8.04. The van der Waals surface area contributed by atoms with Crippen LogP contribution in [0.4, 0.5) is 0 Å². The largest absolute Gasteiger partial charge is 0.494 e. The molecule has 5 nitrogen and oxygen atoms in total. The van der Waals surface area contributed by atoms with Crippen molar-refractivity contribution in [2.24, 2.45) is 5.73 Å². The lowest BCUT2D eigenvalue weighted by atomic mass is 10.2. The molecular weight excluding hydrogens is 302 g/mol. The lowest BCUT2D eigenvalue weighted by Crippen LogP contribution is -2.01. The van der Waals surface area contributed by atoms with E-state index in [0.29, 0.717) is 18.8 Å². The number of pyridine rings is 1. The minimum Gasteiger partial charge on any atom is -0.494 e. The maximum Gasteiger partial charge on any atom is 0.137 e. The molecular formula is C19H25N3O2. The van der Waals surface area contributed by atoms with E-state index in [1.807, 2.05) is 31.2 Å². The summed E-state index contributed by atoms with van der Waals surface area (Å²) in [6.07, 6.45) is 4.78. The third kappa shape index (κ3) is 7.61. The fourth-order valence-electron chi connectivity index (χ4n) is 1.93. The number of aryl methyl sites for hydroxylation is 1. The van der Waals surface area contributed by atoms with E-state index in [1.54, 1.807) is 18.3 Å². The van der Waals surface area contributed by atoms with Gasteiger partial charge in [0, 0.05) is 5.69 Å². The molecule has 0 amide bonds. The number of hydrogen-bond donors (Lipinski definition) is 1. The molecule has 0 unspecified atom stereocenters. The Morgan fingerprint density at radius 2 is 1.50 bits per heavy atom. The van der Waals surface area contributed by atoms with Gasteiger partial charge in [-0.15, -0.1) is 0 Å². The summed E-state index contributed by atoms with van der Waals surface area (Å²) in [4.78, 5) is 4.19. The van der Waals surface area contributed by atoms with E-state index >= 15 is 0 Å². The van der Waals surface area contributed by atoms with Crippen molar-refractivity contribution < 1.29 is 9.47 Å². The second-order valence-electron chi connectivity index (χ2n) is 5.03. The first-order valence-electron chi connectivity index (χ1n) is 8.04. The fraction of sp³-hybridized carbons (Fsp3) is 0.368. The van der Waals surface area contributed by atoms with Gasteiger partial charge in [0.1, 0.15) is 11.5 Å². The number of rotatable bonds is 8. The van der Waals surface area contributed by atoms with Crippen LogP contribution in [0.3, 0.4) is 0 Å². The van der Waals surface area contributed by atoms with Crippen molar-refractivity contribution in [3.8, 4) is 17.6 Å². The zero-order chi connectivity index (χ0) is 17.6. The van der Waals surface area contributed by atoms with Gasteiger partial charge >= 0.3 is 0 Å². The molecule has 2 aromatic rings. The van der Waals surface area contributed by atoms with Gasteiger partial charge in [0.2, 0.25) is 0 Å². The number of nitrogens with two attached hydrogens (primary N) is 1. The van der Waals surface area contributed by atoms with Gasteiger partial charge < -0.3 is 15.2 Å². The van der Waals surface area contributed by atoms with Gasteiger partial charge in [-0.25, -0.2) is 0 Å². The lowest BCUT2D eigenvalue weighted by Gasteiger charge is -2.07. The lowest BCUT2D eigenvalue weighted by molar-refractivity contribution is 0.279. The van der Waals surface area contributed by atoms with Crippen LogP contribution in [0.1, 0.15) is 30.5 Å². The molecule has 2 rings (SSSR count). The van der Waals surface area contributed by atoms with Crippen LogP contribution in [-0.2, 0) is 0 Å². The highest BCUT2D eigenvalue weighted by molar-refractivity contribution is 5.34. The molecule has 0 fully saturated rings. The molecule has 1 aromatic carbocycles. The van der Waals surface area contributed by atoms with Crippen molar-refractivity contribution in [2.45, 2.75) is 26.2 Å². The third-order valence-electron chi connectivity index (χ3n) is 3.19. The Balaban J connectivity index is 0.00000139. The molecule has 1 heterocycles. The smallest absolute Gasteiger partial charge is 0.137 e. The highest BCUT2D eigenvalue weighted by atomic mass is 16.5. The van der Waals surface area contributed by atoms with Gasteiger partial charge in [-0.05, 0) is 69.6 Å². The predicted octanol–water partition coefficient (Wildman–Crippen LogP) is 3.46. The van der Waals surface area contributed by atoms with Crippen LogP contribution in [0.2, 0.25) is 0 Å². The first-order chi connectivity index (χ1) is 11.8. The van der Waals surface area contributed by atoms with E-state index in [-0.39, 0.29) is 0 Å². The van der Waals surface area contributed by atoms with Crippen LogP contribution < -0.4 is 15.2 Å². The SMILES string of the molecule is CN.Cc1ccc(OCCCCCOc2ccc(C#N)cc2)cn1. The quantitative estimate of drug-likeness (QED) is 0.751. The van der Waals surface area contributed by atoms with E-state index in [2.05, 4.69) is 16.8 Å². The average molecular weight is 327 g/mol. The summed E-state index contributed by atoms with van der Waals surface area (Å²) in [7, 11) is 1.50. The summed E-state index contributed by atoms with van der Waals surface area (Å²) < 4.78 is 11.2. The van der Waals surface area contributed by atoms with Crippen LogP contribution in [0.25, 0.3) is 0 Å². The number of nitrogens with zero attached hydrogens (tertiary/aromatic N) is 2. The van der Waals surface area contributed by atoms with Crippen molar-refractivity contribution in [1.82, 2.24) is 4.98 Å². The van der Waals surface area contributed by atoms with E-state index in [1.165, 1.54) is 7.05 Å². The molecule has 128 valence electrons. The van der Waals surface area contributed by atoms with Crippen LogP contribution in [0, 0.1) is 18.3 Å². The van der Waals surface area contributed by atoms with E-state index in [4.69, 9.17) is 14.7 Å². The summed E-state index contributed by atoms with van der Waals surface area (Å²) >= 11 is 0. The standard InChI is InChI=1S/C18H20N2O2.CH5N/c1-15-5-8-18(14-20-15)22-12-4-2-3-11-21-17-9-6-16(13-19)7-10-17;1-2/h5-10,14H,2-4,11-12H2,1H3;2H2,1H3. The fourth-order valence-corrected chi connectivity index (χ4v) is 1.93. The summed E-state index contributed by atoms with van der Waals surface area (Å²) in [6.45, 7) is 3.33. The van der Waals surface area contributed by atoms with Gasteiger partial charge in [0.05, 0.1) is 31.0 Å². The maximum absolute atomic E-state index is 8.71. The minimum atomic E-state index is 0.648. The molecule has 24 heavy (non-hydrogen) atoms. The number of ether oxygens (including phenoxy) is 2. The van der Waals surface area contributed by atoms with E-state index in [0.717, 1.165) is 36.5 Å². The highest BCUT2D eigenvalue weighted by Crippen LogP contribution is 2.13. The van der Waals surface area contributed by atoms with Crippen LogP contribution in [0.5, 0.6) is 11.5 Å². The van der Waals surface area contributed by atoms with Crippen molar-refractivity contribution in [3.63, 3.8) is 0 Å². The normalized spacial score (nSPS) is 9.42. The zero-order valence-electron chi connectivity index (χ0n) is 14.4. The topological polar surface area (TPSA) is 81.2 Å². The maximum atomic E-state index is 8.71. The highest BCUT2D eigenvalue weighted by Gasteiger charge is 1.97. The Bertz CT molecular complexity index is 604. The van der Waals surface area contributed by atoms with Gasteiger partial charge in [-0.1, -0.05) is 0 Å². The second kappa shape index (κ2) is 11.9. The van der Waals surface area contributed by atoms with Crippen LogP contribution in [0.15, 0.2) is 42.6 Å². The number of nitriles is 1. The first kappa shape index (κ1) is 19.5. The Labute approximate surface area is 144 Å². The van der Waals surface area contributed by atoms with Crippen LogP contribution >= 0.6 is 0 Å². The summed E-state index contributed by atoms with van der Waals surface area (Å²) in [6, 6.07) is 13.1. The van der Waals surface area contributed by atoms with Gasteiger partial charge in [0.25, 0.3) is 0 Å². The number of unbranched alkanes of at least 4 members (excludes halogenated alkanes) is 2. The molecule has 0 aliphatic carbocycles. The monoisotopic (exact) mass is 327 g/mol. The molecule has 0 saturated heterocycles. The van der Waals surface area contributed by atoms with Crippen molar-refractivity contribution in [2.75, 3.05) is 20.3 Å². The molecule has 0 aliphatic heterocycles. The number of hydrogen-bond acceptors (Lipinski definition) is 5. The molecule has 2 N–H and O–H groups in total. The molecule has 5 heteroatoms. The molecule has 0 spiro atoms. The van der Waals surface area contributed by atoms with Crippen molar-refractivity contribution in [3.05, 3.63) is 53.9 Å². The van der Waals surface area contributed by atoms with Gasteiger partial charge in [-0.3, -0.25) is 4.98 Å². The molecule has 1 aromatic heterocycles. The summed E-state index contributed by atoms with van der Waals surface area (Å²) in [5, 5.41) is 8.71. The third-order valence-corrected chi connectivity index (χ3v) is 3.19. The van der Waals surface area contributed by atoms with E-state index in [9.17, 15) is 0 Å².